The number of carbonyl (C=O) groups excluding carboxylic acids is 3. The van der Waals surface area contributed by atoms with Crippen LogP contribution < -0.4 is 20.7 Å². The van der Waals surface area contributed by atoms with Crippen LogP contribution >= 0.6 is 0 Å². The molecule has 9 nitrogen and oxygen atoms in total. The molecule has 3 aromatic rings. The summed E-state index contributed by atoms with van der Waals surface area (Å²) < 4.78 is 77.6. The SMILES string of the molecule is [2H]c1c([2H])c(C([2H])([2H])[2H])c(OCC(=O)N[C@@H](Cc2ccccc2)[C@@H](O)C[C@H](Cc2ccccc2)NC(=O)[C@@H](C(C)C)N2CCCNC2=O)c(C([2H])([2H])[2H])c1[2H]. The van der Waals surface area contributed by atoms with Crippen LogP contribution in [0, 0.1) is 19.6 Å². The van der Waals surface area contributed by atoms with E-state index in [0.29, 0.717) is 25.9 Å². The summed E-state index contributed by atoms with van der Waals surface area (Å²) in [5, 5.41) is 20.4. The smallest absolute Gasteiger partial charge is 0.318 e. The molecule has 4 N–H and O–H groups in total. The second-order valence-electron chi connectivity index (χ2n) is 11.8. The summed E-state index contributed by atoms with van der Waals surface area (Å²) in [6.45, 7) is -2.58. The third kappa shape index (κ3) is 9.81. The average Bonchev–Trinajstić information content (AvgIpc) is 3.10. The molecule has 0 unspecified atom stereocenters. The molecule has 246 valence electrons. The molecule has 0 aromatic heterocycles. The average molecular weight is 638 g/mol. The van der Waals surface area contributed by atoms with Crippen LogP contribution in [0.3, 0.4) is 0 Å². The molecule has 1 fully saturated rings. The number of amides is 4. The summed E-state index contributed by atoms with van der Waals surface area (Å²) in [5.74, 6) is -2.37. The number of para-hydroxylation sites is 1. The molecule has 9 heteroatoms. The fourth-order valence-corrected chi connectivity index (χ4v) is 5.63. The van der Waals surface area contributed by atoms with Crippen LogP contribution in [0.15, 0.2) is 78.8 Å². The van der Waals surface area contributed by atoms with E-state index in [2.05, 4.69) is 16.0 Å². The second kappa shape index (κ2) is 16.8. The van der Waals surface area contributed by atoms with Crippen LogP contribution in [0.4, 0.5) is 4.79 Å². The lowest BCUT2D eigenvalue weighted by Crippen LogP contribution is -2.59. The van der Waals surface area contributed by atoms with Gasteiger partial charge in [0, 0.05) is 27.4 Å². The van der Waals surface area contributed by atoms with Gasteiger partial charge in [0.05, 0.1) is 16.3 Å². The van der Waals surface area contributed by atoms with Gasteiger partial charge in [-0.1, -0.05) is 92.6 Å². The lowest BCUT2D eigenvalue weighted by molar-refractivity contribution is -0.128. The highest BCUT2D eigenvalue weighted by atomic mass is 16.5. The molecule has 1 heterocycles. The highest BCUT2D eigenvalue weighted by molar-refractivity contribution is 5.87. The van der Waals surface area contributed by atoms with E-state index >= 15 is 0 Å². The Morgan fingerprint density at radius 3 is 2.22 bits per heavy atom. The van der Waals surface area contributed by atoms with Crippen LogP contribution in [0.5, 0.6) is 5.75 Å². The predicted octanol–water partition coefficient (Wildman–Crippen LogP) is 4.33. The Balaban J connectivity index is 1.62. The Hall–Kier alpha value is -4.37. The van der Waals surface area contributed by atoms with Crippen molar-refractivity contribution in [3.63, 3.8) is 0 Å². The Morgan fingerprint density at radius 2 is 1.63 bits per heavy atom. The molecule has 0 spiro atoms. The molecular formula is C37H48N4O5. The number of nitrogens with zero attached hydrogens (tertiary/aromatic N) is 1. The zero-order valence-electron chi connectivity index (χ0n) is 35.1. The van der Waals surface area contributed by atoms with Gasteiger partial charge >= 0.3 is 6.03 Å². The molecule has 0 bridgehead atoms. The van der Waals surface area contributed by atoms with E-state index in [1.54, 1.807) is 30.3 Å². The highest BCUT2D eigenvalue weighted by Crippen LogP contribution is 2.22. The summed E-state index contributed by atoms with van der Waals surface area (Å²) in [6, 6.07) is 12.7. The zero-order valence-corrected chi connectivity index (χ0v) is 26.1. The molecule has 1 aliphatic rings. The van der Waals surface area contributed by atoms with Gasteiger partial charge in [0.25, 0.3) is 5.91 Å². The molecule has 4 amide bonds. The van der Waals surface area contributed by atoms with E-state index in [4.69, 9.17) is 17.1 Å². The van der Waals surface area contributed by atoms with E-state index < -0.39 is 91.4 Å². The second-order valence-corrected chi connectivity index (χ2v) is 11.8. The van der Waals surface area contributed by atoms with Crippen LogP contribution in [0.25, 0.3) is 0 Å². The number of carbonyl (C=O) groups is 3. The molecule has 1 aliphatic heterocycles. The lowest BCUT2D eigenvalue weighted by Gasteiger charge is -2.37. The van der Waals surface area contributed by atoms with Crippen molar-refractivity contribution in [2.24, 2.45) is 5.92 Å². The summed E-state index contributed by atoms with van der Waals surface area (Å²) in [7, 11) is 0. The third-order valence-corrected chi connectivity index (χ3v) is 7.83. The van der Waals surface area contributed by atoms with E-state index in [9.17, 15) is 19.5 Å². The number of ether oxygens (including phenoxy) is 1. The fourth-order valence-electron chi connectivity index (χ4n) is 5.63. The molecule has 3 aromatic carbocycles. The van der Waals surface area contributed by atoms with E-state index in [-0.39, 0.29) is 24.8 Å². The number of urea groups is 1. The number of hydrogen-bond acceptors (Lipinski definition) is 5. The molecular weight excluding hydrogens is 580 g/mol. The fraction of sp³-hybridized carbons (Fsp3) is 0.432. The maximum Gasteiger partial charge on any atom is 0.318 e. The monoisotopic (exact) mass is 637 g/mol. The number of rotatable bonds is 15. The molecule has 4 rings (SSSR count). The molecule has 1 saturated heterocycles. The Bertz CT molecular complexity index is 1750. The van der Waals surface area contributed by atoms with Crippen LogP contribution in [0.2, 0.25) is 0 Å². The maximum atomic E-state index is 13.9. The molecule has 0 aliphatic carbocycles. The van der Waals surface area contributed by atoms with Crippen LogP contribution in [-0.2, 0) is 22.4 Å². The van der Waals surface area contributed by atoms with Crippen molar-refractivity contribution in [1.82, 2.24) is 20.9 Å². The van der Waals surface area contributed by atoms with Gasteiger partial charge in [-0.2, -0.15) is 0 Å². The van der Waals surface area contributed by atoms with E-state index in [1.165, 1.54) is 4.90 Å². The number of benzene rings is 3. The first kappa shape index (κ1) is 23.9. The van der Waals surface area contributed by atoms with Gasteiger partial charge < -0.3 is 30.7 Å². The van der Waals surface area contributed by atoms with Gasteiger partial charge in [0.1, 0.15) is 11.8 Å². The minimum atomic E-state index is -3.12. The van der Waals surface area contributed by atoms with Gasteiger partial charge in [-0.25, -0.2) is 4.79 Å². The molecule has 46 heavy (non-hydrogen) atoms. The quantitative estimate of drug-likeness (QED) is 0.198. The van der Waals surface area contributed by atoms with Gasteiger partial charge in [-0.15, -0.1) is 0 Å². The number of aliphatic hydroxyl groups excluding tert-OH is 1. The first-order valence-electron chi connectivity index (χ1n) is 20.0. The third-order valence-electron chi connectivity index (χ3n) is 7.83. The maximum absolute atomic E-state index is 13.9. The molecule has 0 radical (unpaired) electrons. The number of hydrogen-bond donors (Lipinski definition) is 4. The van der Waals surface area contributed by atoms with E-state index in [1.807, 2.05) is 44.2 Å². The van der Waals surface area contributed by atoms with Crippen molar-refractivity contribution >= 4 is 17.8 Å². The molecule has 0 saturated carbocycles. The standard InChI is InChI=1S/C37H48N4O5/c1-25(2)34(41-20-12-19-38-37(41)45)36(44)39-30(21-28-15-7-5-8-16-28)23-32(42)31(22-29-17-9-6-10-18-29)40-33(43)24-46-35-26(3)13-11-14-27(35)4/h5-11,13-18,25,30-32,34,42H,12,19-24H2,1-4H3,(H,38,45)(H,39,44)(H,40,43)/t30-,31-,32-,34+/m0/s1/i3D3,4D3,11D,13D,14D. The van der Waals surface area contributed by atoms with Crippen molar-refractivity contribution in [1.29, 1.82) is 0 Å². The number of aliphatic hydroxyl groups is 1. The first-order valence-corrected chi connectivity index (χ1v) is 15.5. The van der Waals surface area contributed by atoms with Crippen LogP contribution in [-0.4, -0.2) is 71.8 Å². The largest absolute Gasteiger partial charge is 0.483 e. The van der Waals surface area contributed by atoms with Crippen LogP contribution in [0.1, 0.15) is 61.3 Å². The highest BCUT2D eigenvalue weighted by Gasteiger charge is 2.35. The van der Waals surface area contributed by atoms with Gasteiger partial charge in [0.2, 0.25) is 5.91 Å². The lowest BCUT2D eigenvalue weighted by atomic mass is 9.92. The summed E-state index contributed by atoms with van der Waals surface area (Å²) in [6.07, 6.45) is -0.226. The minimum Gasteiger partial charge on any atom is -0.483 e. The first-order chi connectivity index (χ1) is 25.8. The van der Waals surface area contributed by atoms with Gasteiger partial charge in [-0.3, -0.25) is 9.59 Å². The molecule has 4 atom stereocenters. The van der Waals surface area contributed by atoms with Gasteiger partial charge in [0.15, 0.2) is 6.61 Å². The van der Waals surface area contributed by atoms with Crippen molar-refractivity contribution in [2.75, 3.05) is 19.7 Å². The van der Waals surface area contributed by atoms with Crippen molar-refractivity contribution in [3.8, 4) is 5.75 Å². The minimum absolute atomic E-state index is 0.0436. The van der Waals surface area contributed by atoms with Crippen molar-refractivity contribution in [2.45, 2.75) is 77.5 Å². The summed E-state index contributed by atoms with van der Waals surface area (Å²) in [5.41, 5.74) is -0.209. The Kier molecular flexibility index (Phi) is 8.73. The topological polar surface area (TPSA) is 120 Å². The summed E-state index contributed by atoms with van der Waals surface area (Å²) >= 11 is 0. The predicted molar refractivity (Wildman–Crippen MR) is 180 cm³/mol. The normalized spacial score (nSPS) is 19.2. The Morgan fingerprint density at radius 1 is 1.00 bits per heavy atom. The van der Waals surface area contributed by atoms with E-state index in [0.717, 1.165) is 11.1 Å². The summed E-state index contributed by atoms with van der Waals surface area (Å²) in [4.78, 5) is 41.7. The van der Waals surface area contributed by atoms with Gasteiger partial charge in [-0.05, 0) is 67.6 Å². The Labute approximate surface area is 285 Å². The van der Waals surface area contributed by atoms with Crippen molar-refractivity contribution < 1.29 is 36.6 Å². The zero-order chi connectivity index (χ0) is 40.7. The number of nitrogens with one attached hydrogen (secondary N) is 3. The van der Waals surface area contributed by atoms with Crippen molar-refractivity contribution in [3.05, 3.63) is 101 Å².